The number of rotatable bonds is 7. The molecule has 1 unspecified atom stereocenters. The fraction of sp³-hybridized carbons (Fsp3) is 0.667. The lowest BCUT2D eigenvalue weighted by Gasteiger charge is -2.25. The first-order chi connectivity index (χ1) is 10.6. The van der Waals surface area contributed by atoms with E-state index in [1.165, 1.54) is 6.92 Å². The molecule has 5 nitrogen and oxygen atoms in total. The van der Waals surface area contributed by atoms with Crippen molar-refractivity contribution in [1.82, 2.24) is 10.3 Å². The zero-order valence-corrected chi connectivity index (χ0v) is 15.2. The summed E-state index contributed by atoms with van der Waals surface area (Å²) in [5.41, 5.74) is 2.57. The topological polar surface area (TPSA) is 82.2 Å². The Labute approximate surface area is 138 Å². The minimum Gasteiger partial charge on any atom is -0.394 e. The third-order valence-electron chi connectivity index (χ3n) is 3.78. The van der Waals surface area contributed by atoms with Gasteiger partial charge in [0.25, 0.3) is 5.91 Å². The van der Waals surface area contributed by atoms with Crippen molar-refractivity contribution in [2.45, 2.75) is 66.8 Å². The van der Waals surface area contributed by atoms with Crippen LogP contribution in [0.4, 0.5) is 0 Å². The van der Waals surface area contributed by atoms with Crippen LogP contribution in [0.15, 0.2) is 0 Å². The normalized spacial score (nSPS) is 13.0. The molecule has 5 heteroatoms. The minimum atomic E-state index is -0.304. The Morgan fingerprint density at radius 3 is 2.35 bits per heavy atom. The quantitative estimate of drug-likeness (QED) is 0.675. The van der Waals surface area contributed by atoms with E-state index in [-0.39, 0.29) is 29.8 Å². The molecule has 1 aromatic rings. The molecule has 130 valence electrons. The van der Waals surface area contributed by atoms with E-state index in [0.29, 0.717) is 24.1 Å². The Hall–Kier alpha value is -1.62. The SMILES string of the molecule is CCCc1c(C(=O)NC(CO)CC(C)(C)C)[nH]c(C)c1C(C)=O. The molecule has 0 bridgehead atoms. The third kappa shape index (κ3) is 5.20. The summed E-state index contributed by atoms with van der Waals surface area (Å²) in [6, 6.07) is -0.304. The van der Waals surface area contributed by atoms with Gasteiger partial charge >= 0.3 is 0 Å². The van der Waals surface area contributed by atoms with E-state index >= 15 is 0 Å². The largest absolute Gasteiger partial charge is 0.394 e. The molecule has 0 aliphatic heterocycles. The molecule has 3 N–H and O–H groups in total. The zero-order valence-electron chi connectivity index (χ0n) is 15.2. The third-order valence-corrected chi connectivity index (χ3v) is 3.78. The first kappa shape index (κ1) is 19.4. The van der Waals surface area contributed by atoms with Gasteiger partial charge < -0.3 is 15.4 Å². The number of aliphatic hydroxyl groups excluding tert-OH is 1. The van der Waals surface area contributed by atoms with Gasteiger partial charge in [-0.25, -0.2) is 0 Å². The highest BCUT2D eigenvalue weighted by atomic mass is 16.3. The second-order valence-electron chi connectivity index (χ2n) is 7.40. The number of aromatic nitrogens is 1. The van der Waals surface area contributed by atoms with Gasteiger partial charge in [0.1, 0.15) is 5.69 Å². The molecule has 1 amide bonds. The van der Waals surface area contributed by atoms with Crippen molar-refractivity contribution in [3.63, 3.8) is 0 Å². The second kappa shape index (κ2) is 7.77. The first-order valence-corrected chi connectivity index (χ1v) is 8.24. The summed E-state index contributed by atoms with van der Waals surface area (Å²) in [5.74, 6) is -0.290. The van der Waals surface area contributed by atoms with E-state index in [2.05, 4.69) is 31.1 Å². The monoisotopic (exact) mass is 322 g/mol. The highest BCUT2D eigenvalue weighted by Crippen LogP contribution is 2.23. The highest BCUT2D eigenvalue weighted by Gasteiger charge is 2.25. The average molecular weight is 322 g/mol. The predicted octanol–water partition coefficient (Wildman–Crippen LogP) is 3.01. The summed E-state index contributed by atoms with van der Waals surface area (Å²) < 4.78 is 0. The number of aliphatic hydroxyl groups is 1. The van der Waals surface area contributed by atoms with Gasteiger partial charge in [0, 0.05) is 11.3 Å². The van der Waals surface area contributed by atoms with Crippen LogP contribution in [0.25, 0.3) is 0 Å². The van der Waals surface area contributed by atoms with Crippen molar-refractivity contribution in [1.29, 1.82) is 0 Å². The molecular formula is C18H30N2O3. The molecule has 0 spiro atoms. The number of aryl methyl sites for hydroxylation is 1. The maximum absolute atomic E-state index is 12.6. The molecule has 23 heavy (non-hydrogen) atoms. The van der Waals surface area contributed by atoms with Gasteiger partial charge in [-0.3, -0.25) is 9.59 Å². The van der Waals surface area contributed by atoms with Crippen LogP contribution in [-0.2, 0) is 6.42 Å². The van der Waals surface area contributed by atoms with Crippen LogP contribution in [0.1, 0.15) is 79.6 Å². The molecule has 1 atom stereocenters. The molecule has 0 aromatic carbocycles. The zero-order chi connectivity index (χ0) is 17.8. The van der Waals surface area contributed by atoms with Crippen LogP contribution in [0.5, 0.6) is 0 Å². The number of carbonyl (C=O) groups is 2. The Kier molecular flexibility index (Phi) is 6.57. The number of nitrogens with one attached hydrogen (secondary N) is 2. The van der Waals surface area contributed by atoms with Gasteiger partial charge in [0.15, 0.2) is 5.78 Å². The summed E-state index contributed by atoms with van der Waals surface area (Å²) in [6.45, 7) is 11.4. The molecule has 1 aromatic heterocycles. The fourth-order valence-corrected chi connectivity index (χ4v) is 3.01. The maximum atomic E-state index is 12.6. The van der Waals surface area contributed by atoms with Crippen molar-refractivity contribution in [3.8, 4) is 0 Å². The van der Waals surface area contributed by atoms with Crippen LogP contribution in [0.3, 0.4) is 0 Å². The van der Waals surface area contributed by atoms with Gasteiger partial charge in [-0.2, -0.15) is 0 Å². The van der Waals surface area contributed by atoms with Gasteiger partial charge in [-0.15, -0.1) is 0 Å². The molecule has 0 radical (unpaired) electrons. The van der Waals surface area contributed by atoms with Crippen molar-refractivity contribution in [2.24, 2.45) is 5.41 Å². The van der Waals surface area contributed by atoms with Crippen LogP contribution in [-0.4, -0.2) is 34.4 Å². The van der Waals surface area contributed by atoms with Crippen LogP contribution in [0.2, 0.25) is 0 Å². The molecule has 1 rings (SSSR count). The number of hydrogen-bond donors (Lipinski definition) is 3. The van der Waals surface area contributed by atoms with E-state index < -0.39 is 0 Å². The van der Waals surface area contributed by atoms with Crippen LogP contribution >= 0.6 is 0 Å². The van der Waals surface area contributed by atoms with Crippen molar-refractivity contribution in [3.05, 3.63) is 22.5 Å². The van der Waals surface area contributed by atoms with Gasteiger partial charge in [-0.05, 0) is 37.7 Å². The Balaban J connectivity index is 3.07. The fourth-order valence-electron chi connectivity index (χ4n) is 3.01. The van der Waals surface area contributed by atoms with Gasteiger partial charge in [0.2, 0.25) is 0 Å². The van der Waals surface area contributed by atoms with E-state index in [4.69, 9.17) is 0 Å². The van der Waals surface area contributed by atoms with Crippen LogP contribution in [0, 0.1) is 12.3 Å². The van der Waals surface area contributed by atoms with E-state index in [9.17, 15) is 14.7 Å². The maximum Gasteiger partial charge on any atom is 0.268 e. The van der Waals surface area contributed by atoms with Crippen molar-refractivity contribution < 1.29 is 14.7 Å². The van der Waals surface area contributed by atoms with Gasteiger partial charge in [0.05, 0.1) is 12.6 Å². The van der Waals surface area contributed by atoms with Crippen LogP contribution < -0.4 is 5.32 Å². The number of aromatic amines is 1. The molecule has 0 saturated heterocycles. The summed E-state index contributed by atoms with van der Waals surface area (Å²) in [6.07, 6.45) is 2.20. The first-order valence-electron chi connectivity index (χ1n) is 8.24. The van der Waals surface area contributed by atoms with E-state index in [1.807, 2.05) is 13.8 Å². The molecule has 0 fully saturated rings. The molecule has 0 aliphatic carbocycles. The number of ketones is 1. The summed E-state index contributed by atoms with van der Waals surface area (Å²) in [4.78, 5) is 27.5. The molecular weight excluding hydrogens is 292 g/mol. The average Bonchev–Trinajstić information content (AvgIpc) is 2.73. The molecule has 1 heterocycles. The Morgan fingerprint density at radius 2 is 1.91 bits per heavy atom. The van der Waals surface area contributed by atoms with Crippen molar-refractivity contribution >= 4 is 11.7 Å². The summed E-state index contributed by atoms with van der Waals surface area (Å²) in [7, 11) is 0. The number of Topliss-reactive ketones (excluding diaryl/α,β-unsaturated/α-hetero) is 1. The minimum absolute atomic E-state index is 0.00310. The van der Waals surface area contributed by atoms with E-state index in [0.717, 1.165) is 17.7 Å². The lowest BCUT2D eigenvalue weighted by Crippen LogP contribution is -2.40. The number of amides is 1. The Morgan fingerprint density at radius 1 is 1.30 bits per heavy atom. The molecule has 0 saturated carbocycles. The lowest BCUT2D eigenvalue weighted by molar-refractivity contribution is 0.0892. The van der Waals surface area contributed by atoms with Crippen molar-refractivity contribution in [2.75, 3.05) is 6.61 Å². The smallest absolute Gasteiger partial charge is 0.268 e. The number of hydrogen-bond acceptors (Lipinski definition) is 3. The Bertz CT molecular complexity index is 568. The highest BCUT2D eigenvalue weighted by molar-refractivity contribution is 6.02. The lowest BCUT2D eigenvalue weighted by atomic mass is 9.88. The summed E-state index contributed by atoms with van der Waals surface area (Å²) in [5, 5.41) is 12.4. The molecule has 0 aliphatic rings. The summed E-state index contributed by atoms with van der Waals surface area (Å²) >= 11 is 0. The number of carbonyl (C=O) groups excluding carboxylic acids is 2. The number of H-pyrrole nitrogens is 1. The predicted molar refractivity (Wildman–Crippen MR) is 91.9 cm³/mol. The van der Waals surface area contributed by atoms with Gasteiger partial charge in [-0.1, -0.05) is 34.1 Å². The second-order valence-corrected chi connectivity index (χ2v) is 7.40. The van der Waals surface area contributed by atoms with E-state index in [1.54, 1.807) is 0 Å². The standard InChI is InChI=1S/C18H30N2O3/c1-7-8-14-15(12(3)22)11(2)19-16(14)17(23)20-13(10-21)9-18(4,5)6/h13,19,21H,7-10H2,1-6H3,(H,20,23).